The van der Waals surface area contributed by atoms with Crippen LogP contribution in [0.3, 0.4) is 0 Å². The second kappa shape index (κ2) is 10.7. The summed E-state index contributed by atoms with van der Waals surface area (Å²) in [4.78, 5) is 21.0. The van der Waals surface area contributed by atoms with E-state index in [0.717, 1.165) is 51.1 Å². The number of rotatable bonds is 9. The highest BCUT2D eigenvalue weighted by molar-refractivity contribution is 5.78. The SMILES string of the molecule is COc1ccc(CN2C[C@]3(CC[C@@](c4ccccc4)(N(C)CC(C)C)CC3)N(CC3CCC3)C2=O)cc1. The molecule has 5 rings (SSSR count). The standard InChI is InChI=1S/C32H45N3O2/c1-25(2)21-33(3)32(28-11-6-5-7-12-28)19-17-31(18-20-32)24-34(22-27-13-15-29(37-4)16-14-27)30(36)35(31)23-26-9-8-10-26/h5-7,11-16,25-26H,8-10,17-24H2,1-4H3/t31-,32-. The van der Waals surface area contributed by atoms with Gasteiger partial charge >= 0.3 is 6.03 Å². The van der Waals surface area contributed by atoms with Gasteiger partial charge in [-0.1, -0.05) is 62.7 Å². The van der Waals surface area contributed by atoms with Crippen LogP contribution < -0.4 is 4.74 Å². The van der Waals surface area contributed by atoms with Crippen LogP contribution in [0.1, 0.15) is 69.9 Å². The number of ether oxygens (including phenoxy) is 1. The number of carbonyl (C=O) groups excluding carboxylic acids is 1. The van der Waals surface area contributed by atoms with Crippen molar-refractivity contribution in [2.45, 2.75) is 76.4 Å². The van der Waals surface area contributed by atoms with Crippen molar-refractivity contribution in [1.82, 2.24) is 14.7 Å². The molecule has 0 aromatic heterocycles. The first-order valence-electron chi connectivity index (χ1n) is 14.3. The zero-order valence-corrected chi connectivity index (χ0v) is 23.3. The lowest BCUT2D eigenvalue weighted by Gasteiger charge is -2.52. The molecule has 5 heteroatoms. The Balaban J connectivity index is 1.40. The summed E-state index contributed by atoms with van der Waals surface area (Å²) in [6, 6.07) is 19.5. The molecule has 200 valence electrons. The Labute approximate surface area is 223 Å². The summed E-state index contributed by atoms with van der Waals surface area (Å²) in [5.41, 5.74) is 2.57. The van der Waals surface area contributed by atoms with Crippen LogP contribution in [0.25, 0.3) is 0 Å². The number of nitrogens with zero attached hydrogens (tertiary/aromatic N) is 3. The normalized spacial score (nSPS) is 26.4. The third-order valence-corrected chi connectivity index (χ3v) is 9.45. The summed E-state index contributed by atoms with van der Waals surface area (Å²) in [7, 11) is 4.01. The Kier molecular flexibility index (Phi) is 7.53. The highest BCUT2D eigenvalue weighted by atomic mass is 16.5. The van der Waals surface area contributed by atoms with Gasteiger partial charge in [0.25, 0.3) is 0 Å². The van der Waals surface area contributed by atoms with Crippen molar-refractivity contribution in [3.05, 3.63) is 65.7 Å². The maximum atomic E-state index is 13.9. The molecule has 0 unspecified atom stereocenters. The summed E-state index contributed by atoms with van der Waals surface area (Å²) < 4.78 is 5.34. The summed E-state index contributed by atoms with van der Waals surface area (Å²) in [5, 5.41) is 0. The molecule has 0 N–H and O–H groups in total. The molecule has 0 radical (unpaired) electrons. The zero-order chi connectivity index (χ0) is 26.0. The largest absolute Gasteiger partial charge is 0.497 e. The maximum Gasteiger partial charge on any atom is 0.320 e. The quantitative estimate of drug-likeness (QED) is 0.390. The fourth-order valence-corrected chi connectivity index (χ4v) is 7.08. The monoisotopic (exact) mass is 503 g/mol. The van der Waals surface area contributed by atoms with E-state index in [-0.39, 0.29) is 17.1 Å². The predicted molar refractivity (Wildman–Crippen MR) is 150 cm³/mol. The van der Waals surface area contributed by atoms with E-state index in [1.807, 2.05) is 12.1 Å². The van der Waals surface area contributed by atoms with Crippen LogP contribution >= 0.6 is 0 Å². The average Bonchev–Trinajstić information content (AvgIpc) is 3.12. The molecule has 2 aromatic rings. The van der Waals surface area contributed by atoms with Gasteiger partial charge in [-0.3, -0.25) is 4.90 Å². The van der Waals surface area contributed by atoms with Crippen molar-refractivity contribution in [3.63, 3.8) is 0 Å². The Morgan fingerprint density at radius 2 is 1.68 bits per heavy atom. The van der Waals surface area contributed by atoms with Crippen LogP contribution in [0.4, 0.5) is 4.79 Å². The van der Waals surface area contributed by atoms with Crippen LogP contribution in [-0.4, -0.2) is 60.1 Å². The van der Waals surface area contributed by atoms with Crippen LogP contribution in [0.15, 0.2) is 54.6 Å². The Morgan fingerprint density at radius 1 is 1.00 bits per heavy atom. The summed E-state index contributed by atoms with van der Waals surface area (Å²) in [6.07, 6.45) is 8.14. The first-order valence-corrected chi connectivity index (χ1v) is 14.3. The van der Waals surface area contributed by atoms with Gasteiger partial charge in [0.1, 0.15) is 5.75 Å². The highest BCUT2D eigenvalue weighted by Gasteiger charge is 2.55. The minimum atomic E-state index is -0.0594. The topological polar surface area (TPSA) is 36.0 Å². The Bertz CT molecular complexity index is 1040. The van der Waals surface area contributed by atoms with Gasteiger partial charge in [0.05, 0.1) is 12.6 Å². The molecule has 1 spiro atoms. The summed E-state index contributed by atoms with van der Waals surface area (Å²) >= 11 is 0. The van der Waals surface area contributed by atoms with Crippen molar-refractivity contribution in [2.24, 2.45) is 11.8 Å². The van der Waals surface area contributed by atoms with E-state index in [1.165, 1.54) is 30.4 Å². The lowest BCUT2D eigenvalue weighted by molar-refractivity contribution is 0.000189. The van der Waals surface area contributed by atoms with E-state index in [9.17, 15) is 4.79 Å². The molecule has 2 aromatic carbocycles. The fourth-order valence-electron chi connectivity index (χ4n) is 7.08. The highest BCUT2D eigenvalue weighted by Crippen LogP contribution is 2.50. The molecule has 0 bridgehead atoms. The van der Waals surface area contributed by atoms with Crippen LogP contribution in [0.5, 0.6) is 5.75 Å². The van der Waals surface area contributed by atoms with Gasteiger partial charge < -0.3 is 14.5 Å². The van der Waals surface area contributed by atoms with E-state index in [1.54, 1.807) is 7.11 Å². The zero-order valence-electron chi connectivity index (χ0n) is 23.3. The molecule has 5 nitrogen and oxygen atoms in total. The molecule has 1 saturated heterocycles. The second-order valence-electron chi connectivity index (χ2n) is 12.3. The van der Waals surface area contributed by atoms with E-state index in [0.29, 0.717) is 18.4 Å². The summed E-state index contributed by atoms with van der Waals surface area (Å²) in [5.74, 6) is 2.14. The Hall–Kier alpha value is -2.53. The number of amides is 2. The van der Waals surface area contributed by atoms with Gasteiger partial charge in [-0.2, -0.15) is 0 Å². The van der Waals surface area contributed by atoms with Gasteiger partial charge in [0.15, 0.2) is 0 Å². The van der Waals surface area contributed by atoms with E-state index < -0.39 is 0 Å². The third-order valence-electron chi connectivity index (χ3n) is 9.45. The molecule has 0 atom stereocenters. The average molecular weight is 504 g/mol. The van der Waals surface area contributed by atoms with Crippen LogP contribution in [0, 0.1) is 11.8 Å². The maximum absolute atomic E-state index is 13.9. The predicted octanol–water partition coefficient (Wildman–Crippen LogP) is 6.53. The number of hydrogen-bond acceptors (Lipinski definition) is 3. The number of hydrogen-bond donors (Lipinski definition) is 0. The minimum absolute atomic E-state index is 0.0331. The molecule has 2 aliphatic carbocycles. The fraction of sp³-hybridized carbons (Fsp3) is 0.594. The molecular weight excluding hydrogens is 458 g/mol. The summed E-state index contributed by atoms with van der Waals surface area (Å²) in [6.45, 7) is 8.14. The van der Waals surface area contributed by atoms with Crippen LogP contribution in [0.2, 0.25) is 0 Å². The molecular formula is C32H45N3O2. The lowest BCUT2D eigenvalue weighted by Crippen LogP contribution is -2.57. The van der Waals surface area contributed by atoms with Crippen molar-refractivity contribution in [3.8, 4) is 5.75 Å². The van der Waals surface area contributed by atoms with E-state index in [4.69, 9.17) is 4.74 Å². The van der Waals surface area contributed by atoms with Crippen molar-refractivity contribution in [1.29, 1.82) is 0 Å². The van der Waals surface area contributed by atoms with Gasteiger partial charge in [0, 0.05) is 31.7 Å². The van der Waals surface area contributed by atoms with E-state index >= 15 is 0 Å². The van der Waals surface area contributed by atoms with Crippen molar-refractivity contribution >= 4 is 6.03 Å². The molecule has 37 heavy (non-hydrogen) atoms. The second-order valence-corrected chi connectivity index (χ2v) is 12.3. The smallest absolute Gasteiger partial charge is 0.320 e. The molecule has 2 saturated carbocycles. The first kappa shape index (κ1) is 26.1. The number of methoxy groups -OCH3 is 1. The molecule has 3 fully saturated rings. The number of benzene rings is 2. The van der Waals surface area contributed by atoms with E-state index in [2.05, 4.69) is 78.1 Å². The van der Waals surface area contributed by atoms with Gasteiger partial charge in [-0.05, 0) is 80.7 Å². The molecule has 2 amide bonds. The minimum Gasteiger partial charge on any atom is -0.497 e. The molecule has 3 aliphatic rings. The number of urea groups is 1. The van der Waals surface area contributed by atoms with Crippen molar-refractivity contribution < 1.29 is 9.53 Å². The molecule has 1 heterocycles. The third kappa shape index (κ3) is 5.12. The first-order chi connectivity index (χ1) is 17.8. The molecule has 1 aliphatic heterocycles. The van der Waals surface area contributed by atoms with Crippen molar-refractivity contribution in [2.75, 3.05) is 33.8 Å². The Morgan fingerprint density at radius 3 is 2.24 bits per heavy atom. The van der Waals surface area contributed by atoms with Gasteiger partial charge in [-0.25, -0.2) is 4.79 Å². The van der Waals surface area contributed by atoms with Crippen LogP contribution in [-0.2, 0) is 12.1 Å². The lowest BCUT2D eigenvalue weighted by atomic mass is 9.67. The van der Waals surface area contributed by atoms with Gasteiger partial charge in [-0.15, -0.1) is 0 Å². The number of carbonyl (C=O) groups is 1. The van der Waals surface area contributed by atoms with Gasteiger partial charge in [0.2, 0.25) is 0 Å².